The maximum absolute atomic E-state index is 13.2. The molecule has 1 aromatic carbocycles. The van der Waals surface area contributed by atoms with Crippen LogP contribution in [0.5, 0.6) is 5.75 Å². The lowest BCUT2D eigenvalue weighted by molar-refractivity contribution is 0.246. The smallest absolute Gasteiger partial charge is 0.319 e. The van der Waals surface area contributed by atoms with Crippen LogP contribution in [0.1, 0.15) is 20.8 Å². The first-order valence-corrected chi connectivity index (χ1v) is 5.85. The minimum absolute atomic E-state index is 0.0624. The molecule has 0 aromatic heterocycles. The summed E-state index contributed by atoms with van der Waals surface area (Å²) in [5.41, 5.74) is 0.488. The van der Waals surface area contributed by atoms with Gasteiger partial charge < -0.3 is 15.4 Å². The molecule has 0 spiro atoms. The molecule has 5 heteroatoms. The van der Waals surface area contributed by atoms with Crippen LogP contribution in [0.25, 0.3) is 0 Å². The monoisotopic (exact) mass is 254 g/mol. The Kier molecular flexibility index (Phi) is 4.95. The Hall–Kier alpha value is -1.78. The van der Waals surface area contributed by atoms with Gasteiger partial charge in [-0.05, 0) is 25.0 Å². The Morgan fingerprint density at radius 1 is 1.33 bits per heavy atom. The van der Waals surface area contributed by atoms with Crippen LogP contribution >= 0.6 is 0 Å². The predicted molar refractivity (Wildman–Crippen MR) is 69.4 cm³/mol. The first kappa shape index (κ1) is 14.3. The Balaban J connectivity index is 2.65. The molecule has 0 saturated carbocycles. The van der Waals surface area contributed by atoms with Crippen molar-refractivity contribution in [2.24, 2.45) is 5.92 Å². The summed E-state index contributed by atoms with van der Waals surface area (Å²) < 4.78 is 18.0. The van der Waals surface area contributed by atoms with Crippen molar-refractivity contribution in [3.05, 3.63) is 24.0 Å². The van der Waals surface area contributed by atoms with Crippen LogP contribution in [0.2, 0.25) is 0 Å². The highest BCUT2D eigenvalue weighted by atomic mass is 19.1. The summed E-state index contributed by atoms with van der Waals surface area (Å²) in [7, 11) is 1.38. The molecule has 0 fully saturated rings. The van der Waals surface area contributed by atoms with Crippen molar-refractivity contribution in [2.45, 2.75) is 26.8 Å². The molecule has 18 heavy (non-hydrogen) atoms. The molecule has 1 unspecified atom stereocenters. The lowest BCUT2D eigenvalue weighted by Crippen LogP contribution is -2.38. The molecule has 0 radical (unpaired) electrons. The minimum atomic E-state index is -0.459. The average molecular weight is 254 g/mol. The first-order chi connectivity index (χ1) is 8.43. The molecule has 1 rings (SSSR count). The van der Waals surface area contributed by atoms with Gasteiger partial charge in [0.15, 0.2) is 11.6 Å². The molecule has 1 aromatic rings. The quantitative estimate of drug-likeness (QED) is 0.867. The summed E-state index contributed by atoms with van der Waals surface area (Å²) in [5.74, 6) is -0.0118. The largest absolute Gasteiger partial charge is 0.494 e. The fourth-order valence-corrected chi connectivity index (χ4v) is 1.28. The second-order valence-corrected chi connectivity index (χ2v) is 4.48. The summed E-state index contributed by atoms with van der Waals surface area (Å²) in [6.45, 7) is 5.97. The van der Waals surface area contributed by atoms with Crippen molar-refractivity contribution >= 4 is 11.7 Å². The number of amides is 2. The van der Waals surface area contributed by atoms with Crippen molar-refractivity contribution in [1.82, 2.24) is 5.32 Å². The molecule has 1 atom stereocenters. The number of hydrogen-bond donors (Lipinski definition) is 2. The van der Waals surface area contributed by atoms with Crippen molar-refractivity contribution in [2.75, 3.05) is 12.4 Å². The summed E-state index contributed by atoms with van der Waals surface area (Å²) >= 11 is 0. The highest BCUT2D eigenvalue weighted by Crippen LogP contribution is 2.21. The van der Waals surface area contributed by atoms with E-state index < -0.39 is 5.82 Å². The van der Waals surface area contributed by atoms with Crippen LogP contribution in [0.3, 0.4) is 0 Å². The molecule has 0 aliphatic rings. The SMILES string of the molecule is COc1cc(NC(=O)NC(C)C(C)C)ccc1F. The molecule has 2 amide bonds. The number of carbonyl (C=O) groups excluding carboxylic acids is 1. The second kappa shape index (κ2) is 6.23. The number of methoxy groups -OCH3 is 1. The van der Waals surface area contributed by atoms with E-state index in [0.717, 1.165) is 0 Å². The zero-order valence-electron chi connectivity index (χ0n) is 11.1. The Morgan fingerprint density at radius 3 is 2.56 bits per heavy atom. The second-order valence-electron chi connectivity index (χ2n) is 4.48. The number of rotatable bonds is 4. The van der Waals surface area contributed by atoms with Crippen LogP contribution < -0.4 is 15.4 Å². The maximum Gasteiger partial charge on any atom is 0.319 e. The molecular formula is C13H19FN2O2. The number of urea groups is 1. The number of halogens is 1. The van der Waals surface area contributed by atoms with Gasteiger partial charge in [-0.2, -0.15) is 0 Å². The van der Waals surface area contributed by atoms with Gasteiger partial charge in [0.25, 0.3) is 0 Å². The molecule has 100 valence electrons. The van der Waals surface area contributed by atoms with E-state index in [2.05, 4.69) is 10.6 Å². The van der Waals surface area contributed by atoms with Gasteiger partial charge in [0.1, 0.15) is 0 Å². The van der Waals surface area contributed by atoms with Gasteiger partial charge in [-0.1, -0.05) is 13.8 Å². The fourth-order valence-electron chi connectivity index (χ4n) is 1.28. The number of ether oxygens (including phenoxy) is 1. The maximum atomic E-state index is 13.2. The van der Waals surface area contributed by atoms with Crippen LogP contribution in [0, 0.1) is 11.7 Å². The molecule has 0 heterocycles. The van der Waals surface area contributed by atoms with Crippen LogP contribution in [0.15, 0.2) is 18.2 Å². The molecule has 0 bridgehead atoms. The molecular weight excluding hydrogens is 235 g/mol. The zero-order chi connectivity index (χ0) is 13.7. The third kappa shape index (κ3) is 3.91. The topological polar surface area (TPSA) is 50.4 Å². The van der Waals surface area contributed by atoms with Crippen molar-refractivity contribution in [1.29, 1.82) is 0 Å². The number of nitrogens with one attached hydrogen (secondary N) is 2. The van der Waals surface area contributed by atoms with Crippen LogP contribution in [0.4, 0.5) is 14.9 Å². The van der Waals surface area contributed by atoms with E-state index in [1.807, 2.05) is 20.8 Å². The van der Waals surface area contributed by atoms with Crippen molar-refractivity contribution in [3.63, 3.8) is 0 Å². The molecule has 0 aliphatic heterocycles. The van der Waals surface area contributed by atoms with E-state index in [0.29, 0.717) is 11.6 Å². The summed E-state index contributed by atoms with van der Waals surface area (Å²) in [6.07, 6.45) is 0. The number of benzene rings is 1. The minimum Gasteiger partial charge on any atom is -0.494 e. The van der Waals surface area contributed by atoms with Gasteiger partial charge in [-0.15, -0.1) is 0 Å². The molecule has 0 aliphatic carbocycles. The number of hydrogen-bond acceptors (Lipinski definition) is 2. The highest BCUT2D eigenvalue weighted by molar-refractivity contribution is 5.89. The van der Waals surface area contributed by atoms with Gasteiger partial charge in [0, 0.05) is 17.8 Å². The highest BCUT2D eigenvalue weighted by Gasteiger charge is 2.11. The fraction of sp³-hybridized carbons (Fsp3) is 0.462. The lowest BCUT2D eigenvalue weighted by Gasteiger charge is -2.18. The first-order valence-electron chi connectivity index (χ1n) is 5.85. The summed E-state index contributed by atoms with van der Waals surface area (Å²) in [6, 6.07) is 3.92. The van der Waals surface area contributed by atoms with Crippen molar-refractivity contribution in [3.8, 4) is 5.75 Å². The lowest BCUT2D eigenvalue weighted by atomic mass is 10.1. The van der Waals surface area contributed by atoms with E-state index in [4.69, 9.17) is 4.74 Å². The molecule has 4 nitrogen and oxygen atoms in total. The van der Waals surface area contributed by atoms with Gasteiger partial charge in [-0.3, -0.25) is 0 Å². The summed E-state index contributed by atoms with van der Waals surface area (Å²) in [5, 5.41) is 5.43. The Morgan fingerprint density at radius 2 is 2.00 bits per heavy atom. The third-order valence-electron chi connectivity index (χ3n) is 2.77. The van der Waals surface area contributed by atoms with Crippen LogP contribution in [-0.2, 0) is 0 Å². The average Bonchev–Trinajstić information content (AvgIpc) is 2.31. The Labute approximate surface area is 107 Å². The van der Waals surface area contributed by atoms with Crippen LogP contribution in [-0.4, -0.2) is 19.2 Å². The van der Waals surface area contributed by atoms with Gasteiger partial charge in [-0.25, -0.2) is 9.18 Å². The van der Waals surface area contributed by atoms with E-state index in [1.165, 1.54) is 25.3 Å². The number of carbonyl (C=O) groups is 1. The number of anilines is 1. The van der Waals surface area contributed by atoms with Crippen molar-refractivity contribution < 1.29 is 13.9 Å². The van der Waals surface area contributed by atoms with E-state index in [-0.39, 0.29) is 17.8 Å². The van der Waals surface area contributed by atoms with E-state index >= 15 is 0 Å². The van der Waals surface area contributed by atoms with E-state index in [1.54, 1.807) is 0 Å². The normalized spacial score (nSPS) is 12.1. The Bertz CT molecular complexity index is 421. The summed E-state index contributed by atoms with van der Waals surface area (Å²) in [4.78, 5) is 11.7. The van der Waals surface area contributed by atoms with Gasteiger partial charge in [0.05, 0.1) is 7.11 Å². The third-order valence-corrected chi connectivity index (χ3v) is 2.77. The zero-order valence-corrected chi connectivity index (χ0v) is 11.1. The van der Waals surface area contributed by atoms with E-state index in [9.17, 15) is 9.18 Å². The van der Waals surface area contributed by atoms with Gasteiger partial charge in [0.2, 0.25) is 0 Å². The van der Waals surface area contributed by atoms with Gasteiger partial charge >= 0.3 is 6.03 Å². The standard InChI is InChI=1S/C13H19FN2O2/c1-8(2)9(3)15-13(17)16-10-5-6-11(14)12(7-10)18-4/h5-9H,1-4H3,(H2,15,16,17). The molecule has 2 N–H and O–H groups in total. The predicted octanol–water partition coefficient (Wildman–Crippen LogP) is 3.00. The molecule has 0 saturated heterocycles.